The Morgan fingerprint density at radius 2 is 2.04 bits per heavy atom. The van der Waals surface area contributed by atoms with Crippen molar-refractivity contribution >= 4 is 23.2 Å². The van der Waals surface area contributed by atoms with Gasteiger partial charge in [0.2, 0.25) is 17.6 Å². The van der Waals surface area contributed by atoms with Gasteiger partial charge >= 0.3 is 0 Å². The molecule has 1 aliphatic rings. The third-order valence-electron chi connectivity index (χ3n) is 4.87. The number of nitrogens with zero attached hydrogens (tertiary/aromatic N) is 3. The zero-order chi connectivity index (χ0) is 19.7. The van der Waals surface area contributed by atoms with Crippen LogP contribution < -0.4 is 9.64 Å². The summed E-state index contributed by atoms with van der Waals surface area (Å²) in [7, 11) is 0. The highest BCUT2D eigenvalue weighted by molar-refractivity contribution is 6.31. The van der Waals surface area contributed by atoms with E-state index < -0.39 is 0 Å². The number of benzene rings is 2. The van der Waals surface area contributed by atoms with E-state index in [9.17, 15) is 4.79 Å². The molecule has 0 radical (unpaired) electrons. The predicted octanol–water partition coefficient (Wildman–Crippen LogP) is 4.62. The number of hydrogen-bond acceptors (Lipinski definition) is 5. The van der Waals surface area contributed by atoms with Crippen molar-refractivity contribution in [2.24, 2.45) is 0 Å². The summed E-state index contributed by atoms with van der Waals surface area (Å²) >= 11 is 6.21. The molecule has 1 aromatic heterocycles. The van der Waals surface area contributed by atoms with Gasteiger partial charge in [0.05, 0.1) is 12.5 Å². The summed E-state index contributed by atoms with van der Waals surface area (Å²) in [5.41, 5.74) is 2.55. The van der Waals surface area contributed by atoms with Crippen molar-refractivity contribution < 1.29 is 14.1 Å². The second-order valence-electron chi connectivity index (χ2n) is 6.70. The predicted molar refractivity (Wildman–Crippen MR) is 107 cm³/mol. The molecule has 4 rings (SSSR count). The molecule has 1 amide bonds. The van der Waals surface area contributed by atoms with E-state index in [0.717, 1.165) is 22.6 Å². The zero-order valence-corrected chi connectivity index (χ0v) is 16.4. The summed E-state index contributed by atoms with van der Waals surface area (Å²) in [5, 5.41) is 4.73. The van der Waals surface area contributed by atoms with E-state index >= 15 is 0 Å². The fraction of sp³-hybridized carbons (Fsp3) is 0.286. The Morgan fingerprint density at radius 3 is 2.79 bits per heavy atom. The Morgan fingerprint density at radius 1 is 1.25 bits per heavy atom. The van der Waals surface area contributed by atoms with Crippen molar-refractivity contribution in [1.29, 1.82) is 0 Å². The Balaban J connectivity index is 1.53. The molecule has 28 heavy (non-hydrogen) atoms. The maximum atomic E-state index is 12.6. The molecule has 2 heterocycles. The van der Waals surface area contributed by atoms with Gasteiger partial charge in [-0.05, 0) is 55.8 Å². The molecule has 3 aromatic rings. The maximum Gasteiger partial charge on any atom is 0.232 e. The Bertz CT molecular complexity index is 1000. The zero-order valence-electron chi connectivity index (χ0n) is 15.7. The molecule has 1 saturated heterocycles. The quantitative estimate of drug-likeness (QED) is 0.628. The number of carbonyl (C=O) groups is 1. The van der Waals surface area contributed by atoms with Gasteiger partial charge in [0, 0.05) is 29.2 Å². The largest absolute Gasteiger partial charge is 0.494 e. The number of amides is 1. The SMILES string of the molecule is CCOc1ccc(-c2noc(C3CC(=O)N(c4cccc(Cl)c4C)C3)n2)cc1. The maximum absolute atomic E-state index is 12.6. The lowest BCUT2D eigenvalue weighted by Crippen LogP contribution is -2.25. The van der Waals surface area contributed by atoms with Crippen LogP contribution in [0.2, 0.25) is 5.02 Å². The van der Waals surface area contributed by atoms with E-state index in [1.54, 1.807) is 4.90 Å². The van der Waals surface area contributed by atoms with E-state index in [0.29, 0.717) is 36.3 Å². The van der Waals surface area contributed by atoms with Crippen molar-refractivity contribution in [3.05, 3.63) is 58.9 Å². The van der Waals surface area contributed by atoms with Gasteiger partial charge in [-0.15, -0.1) is 0 Å². The molecule has 144 valence electrons. The number of rotatable bonds is 5. The van der Waals surface area contributed by atoms with Gasteiger partial charge in [-0.25, -0.2) is 0 Å². The minimum atomic E-state index is -0.144. The van der Waals surface area contributed by atoms with Gasteiger partial charge in [-0.2, -0.15) is 4.98 Å². The molecule has 7 heteroatoms. The molecule has 1 fully saturated rings. The first-order valence-corrected chi connectivity index (χ1v) is 9.57. The lowest BCUT2D eigenvalue weighted by atomic mass is 10.1. The minimum absolute atomic E-state index is 0.0242. The number of hydrogen-bond donors (Lipinski definition) is 0. The fourth-order valence-electron chi connectivity index (χ4n) is 3.38. The third kappa shape index (κ3) is 3.47. The molecule has 0 saturated carbocycles. The van der Waals surface area contributed by atoms with Crippen LogP contribution in [0.15, 0.2) is 47.0 Å². The number of carbonyl (C=O) groups excluding carboxylic acids is 1. The van der Waals surface area contributed by atoms with Gasteiger partial charge in [-0.3, -0.25) is 4.79 Å². The van der Waals surface area contributed by atoms with Gasteiger partial charge in [0.25, 0.3) is 0 Å². The second-order valence-corrected chi connectivity index (χ2v) is 7.11. The molecule has 0 bridgehead atoms. The van der Waals surface area contributed by atoms with E-state index in [4.69, 9.17) is 20.9 Å². The second kappa shape index (κ2) is 7.64. The monoisotopic (exact) mass is 397 g/mol. The molecular formula is C21H20ClN3O3. The average Bonchev–Trinajstić information content (AvgIpc) is 3.32. The first-order chi connectivity index (χ1) is 13.6. The van der Waals surface area contributed by atoms with Crippen LogP contribution in [0.3, 0.4) is 0 Å². The summed E-state index contributed by atoms with van der Waals surface area (Å²) in [6, 6.07) is 13.1. The van der Waals surface area contributed by atoms with Crippen LogP contribution in [0.4, 0.5) is 5.69 Å². The molecular weight excluding hydrogens is 378 g/mol. The van der Waals surface area contributed by atoms with E-state index in [-0.39, 0.29) is 11.8 Å². The molecule has 6 nitrogen and oxygen atoms in total. The van der Waals surface area contributed by atoms with Crippen molar-refractivity contribution in [1.82, 2.24) is 10.1 Å². The van der Waals surface area contributed by atoms with Crippen LogP contribution >= 0.6 is 11.6 Å². The Hall–Kier alpha value is -2.86. The van der Waals surface area contributed by atoms with Gasteiger partial charge in [0.1, 0.15) is 5.75 Å². The van der Waals surface area contributed by atoms with E-state index in [1.807, 2.05) is 56.3 Å². The Kier molecular flexibility index (Phi) is 5.05. The Labute approximate surface area is 168 Å². The van der Waals surface area contributed by atoms with Crippen molar-refractivity contribution in [3.63, 3.8) is 0 Å². The average molecular weight is 398 g/mol. The van der Waals surface area contributed by atoms with Crippen LogP contribution in [0.5, 0.6) is 5.75 Å². The molecule has 1 unspecified atom stereocenters. The van der Waals surface area contributed by atoms with E-state index in [1.165, 1.54) is 0 Å². The van der Waals surface area contributed by atoms with Crippen molar-refractivity contribution in [2.75, 3.05) is 18.1 Å². The molecule has 1 aliphatic heterocycles. The highest BCUT2D eigenvalue weighted by Crippen LogP contribution is 2.35. The first-order valence-electron chi connectivity index (χ1n) is 9.19. The lowest BCUT2D eigenvalue weighted by molar-refractivity contribution is -0.117. The first kappa shape index (κ1) is 18.5. The van der Waals surface area contributed by atoms with Crippen LogP contribution in [-0.4, -0.2) is 29.2 Å². The number of halogens is 1. The molecule has 0 N–H and O–H groups in total. The van der Waals surface area contributed by atoms with Gasteiger partial charge < -0.3 is 14.2 Å². The molecule has 0 spiro atoms. The van der Waals surface area contributed by atoms with Crippen LogP contribution in [-0.2, 0) is 4.79 Å². The normalized spacial score (nSPS) is 16.6. The van der Waals surface area contributed by atoms with Crippen molar-refractivity contribution in [3.8, 4) is 17.1 Å². The number of aromatic nitrogens is 2. The fourth-order valence-corrected chi connectivity index (χ4v) is 3.55. The van der Waals surface area contributed by atoms with Crippen LogP contribution in [0.1, 0.15) is 30.7 Å². The smallest absolute Gasteiger partial charge is 0.232 e. The molecule has 2 aromatic carbocycles. The lowest BCUT2D eigenvalue weighted by Gasteiger charge is -2.19. The van der Waals surface area contributed by atoms with Crippen LogP contribution in [0, 0.1) is 6.92 Å². The highest BCUT2D eigenvalue weighted by Gasteiger charge is 2.35. The van der Waals surface area contributed by atoms with Crippen molar-refractivity contribution in [2.45, 2.75) is 26.2 Å². The van der Waals surface area contributed by atoms with E-state index in [2.05, 4.69) is 10.1 Å². The molecule has 1 atom stereocenters. The molecule has 0 aliphatic carbocycles. The van der Waals surface area contributed by atoms with Gasteiger partial charge in [-0.1, -0.05) is 22.8 Å². The highest BCUT2D eigenvalue weighted by atomic mass is 35.5. The summed E-state index contributed by atoms with van der Waals surface area (Å²) in [5.74, 6) is 1.65. The summed E-state index contributed by atoms with van der Waals surface area (Å²) in [6.07, 6.45) is 0.330. The van der Waals surface area contributed by atoms with Gasteiger partial charge in [0.15, 0.2) is 0 Å². The standard InChI is InChI=1S/C21H20ClN3O3/c1-3-27-16-9-7-14(8-10-16)20-23-21(28-24-20)15-11-19(26)25(12-15)18-6-4-5-17(22)13(18)2/h4-10,15H,3,11-12H2,1-2H3. The summed E-state index contributed by atoms with van der Waals surface area (Å²) < 4.78 is 10.9. The van der Waals surface area contributed by atoms with Crippen LogP contribution in [0.25, 0.3) is 11.4 Å². The topological polar surface area (TPSA) is 68.5 Å². The number of ether oxygens (including phenoxy) is 1. The number of anilines is 1. The third-order valence-corrected chi connectivity index (χ3v) is 5.28. The summed E-state index contributed by atoms with van der Waals surface area (Å²) in [6.45, 7) is 4.96. The summed E-state index contributed by atoms with van der Waals surface area (Å²) in [4.78, 5) is 18.8. The minimum Gasteiger partial charge on any atom is -0.494 e.